The quantitative estimate of drug-likeness (QED) is 0.615. The van der Waals surface area contributed by atoms with Crippen molar-refractivity contribution < 1.29 is 31.9 Å². The first-order valence-electron chi connectivity index (χ1n) is 10.1. The fraction of sp³-hybridized carbons (Fsp3) is 0.318. The molecule has 2 atom stereocenters. The zero-order valence-electron chi connectivity index (χ0n) is 18.5. The minimum Gasteiger partial charge on any atom is -0.451 e. The van der Waals surface area contributed by atoms with E-state index in [1.807, 2.05) is 0 Å². The third-order valence-electron chi connectivity index (χ3n) is 5.18. The lowest BCUT2D eigenvalue weighted by molar-refractivity contribution is -0.155. The van der Waals surface area contributed by atoms with Gasteiger partial charge in [0, 0.05) is 0 Å². The molecular formula is C22H24FN3O6S. The smallest absolute Gasteiger partial charge is 0.324 e. The van der Waals surface area contributed by atoms with E-state index in [-0.39, 0.29) is 4.90 Å². The lowest BCUT2D eigenvalue weighted by atomic mass is 9.95. The van der Waals surface area contributed by atoms with E-state index >= 15 is 0 Å². The van der Waals surface area contributed by atoms with Gasteiger partial charge >= 0.3 is 5.97 Å². The summed E-state index contributed by atoms with van der Waals surface area (Å²) < 4.78 is 45.3. The minimum absolute atomic E-state index is 0.231. The zero-order chi connectivity index (χ0) is 24.6. The molecule has 1 aliphatic heterocycles. The van der Waals surface area contributed by atoms with Crippen molar-refractivity contribution in [1.29, 1.82) is 0 Å². The number of anilines is 2. The van der Waals surface area contributed by atoms with Gasteiger partial charge in [-0.15, -0.1) is 0 Å². The Morgan fingerprint density at radius 2 is 1.70 bits per heavy atom. The molecule has 3 rings (SSSR count). The lowest BCUT2D eigenvalue weighted by Crippen LogP contribution is -2.60. The highest BCUT2D eigenvalue weighted by molar-refractivity contribution is 7.89. The van der Waals surface area contributed by atoms with Crippen LogP contribution in [0.4, 0.5) is 15.8 Å². The van der Waals surface area contributed by atoms with Crippen LogP contribution in [0, 0.1) is 5.82 Å². The van der Waals surface area contributed by atoms with Crippen molar-refractivity contribution in [2.24, 2.45) is 0 Å². The first-order valence-corrected chi connectivity index (χ1v) is 11.6. The Labute approximate surface area is 191 Å². The molecule has 0 unspecified atom stereocenters. The Morgan fingerprint density at radius 1 is 1.09 bits per heavy atom. The Balaban J connectivity index is 1.74. The number of benzene rings is 2. The first kappa shape index (κ1) is 24.3. The van der Waals surface area contributed by atoms with Crippen LogP contribution in [0.1, 0.15) is 27.7 Å². The molecule has 33 heavy (non-hydrogen) atoms. The molecule has 0 bridgehead atoms. The molecule has 0 radical (unpaired) electrons. The molecule has 1 aliphatic rings. The summed E-state index contributed by atoms with van der Waals surface area (Å²) in [5.74, 6) is -2.66. The summed E-state index contributed by atoms with van der Waals surface area (Å²) in [6.45, 7) is 5.72. The van der Waals surface area contributed by atoms with Crippen molar-refractivity contribution >= 4 is 39.2 Å². The van der Waals surface area contributed by atoms with Crippen LogP contribution in [0.15, 0.2) is 53.4 Å². The van der Waals surface area contributed by atoms with Gasteiger partial charge in [-0.2, -0.15) is 4.72 Å². The maximum absolute atomic E-state index is 13.2. The number of hydrogen-bond acceptors (Lipinski definition) is 6. The van der Waals surface area contributed by atoms with Crippen LogP contribution in [-0.2, 0) is 29.1 Å². The summed E-state index contributed by atoms with van der Waals surface area (Å²) in [6, 6.07) is 9.45. The Hall–Kier alpha value is -3.31. The molecule has 1 heterocycles. The number of carbonyl (C=O) groups excluding carboxylic acids is 3. The summed E-state index contributed by atoms with van der Waals surface area (Å²) in [7, 11) is -4.13. The molecular weight excluding hydrogens is 453 g/mol. The average Bonchev–Trinajstić information content (AvgIpc) is 2.74. The van der Waals surface area contributed by atoms with Crippen LogP contribution in [0.5, 0.6) is 0 Å². The topological polar surface area (TPSA) is 122 Å². The summed E-state index contributed by atoms with van der Waals surface area (Å²) in [5, 5.41) is 2.74. The van der Waals surface area contributed by atoms with E-state index in [2.05, 4.69) is 10.0 Å². The van der Waals surface area contributed by atoms with Gasteiger partial charge in [-0.05, 0) is 64.1 Å². The van der Waals surface area contributed by atoms with Crippen LogP contribution in [0.25, 0.3) is 0 Å². The summed E-state index contributed by atoms with van der Waals surface area (Å²) in [5.41, 5.74) is -0.379. The van der Waals surface area contributed by atoms with E-state index in [0.29, 0.717) is 11.4 Å². The Morgan fingerprint density at radius 3 is 2.33 bits per heavy atom. The zero-order valence-corrected chi connectivity index (χ0v) is 19.3. The van der Waals surface area contributed by atoms with Gasteiger partial charge in [-0.1, -0.05) is 12.1 Å². The highest BCUT2D eigenvalue weighted by Crippen LogP contribution is 2.37. The van der Waals surface area contributed by atoms with E-state index in [9.17, 15) is 27.2 Å². The Bertz CT molecular complexity index is 1200. The van der Waals surface area contributed by atoms with E-state index in [1.54, 1.807) is 38.1 Å². The van der Waals surface area contributed by atoms with E-state index in [1.165, 1.54) is 18.7 Å². The van der Waals surface area contributed by atoms with Crippen molar-refractivity contribution in [3.8, 4) is 0 Å². The number of sulfonamides is 1. The molecule has 11 heteroatoms. The molecule has 0 saturated carbocycles. The highest BCUT2D eigenvalue weighted by atomic mass is 32.2. The second kappa shape index (κ2) is 8.91. The number of fused-ring (bicyclic) bond motifs is 1. The van der Waals surface area contributed by atoms with Crippen molar-refractivity contribution in [2.75, 3.05) is 10.2 Å². The number of para-hydroxylation sites is 2. The number of hydrogen-bond donors (Lipinski definition) is 2. The molecule has 0 fully saturated rings. The Kier molecular flexibility index (Phi) is 6.57. The number of carbonyl (C=O) groups is 3. The third-order valence-corrected chi connectivity index (χ3v) is 6.73. The van der Waals surface area contributed by atoms with Gasteiger partial charge in [0.25, 0.3) is 5.91 Å². The maximum Gasteiger partial charge on any atom is 0.324 e. The minimum atomic E-state index is -4.13. The fourth-order valence-corrected chi connectivity index (χ4v) is 4.51. The van der Waals surface area contributed by atoms with E-state index in [4.69, 9.17) is 4.74 Å². The van der Waals surface area contributed by atoms with E-state index < -0.39 is 51.3 Å². The van der Waals surface area contributed by atoms with Gasteiger partial charge in [-0.3, -0.25) is 19.3 Å². The van der Waals surface area contributed by atoms with Crippen LogP contribution < -0.4 is 14.9 Å². The normalized spacial score (nSPS) is 16.9. The number of esters is 1. The van der Waals surface area contributed by atoms with Crippen molar-refractivity contribution in [3.05, 3.63) is 54.3 Å². The number of ether oxygens (including phenoxy) is 1. The largest absolute Gasteiger partial charge is 0.451 e. The summed E-state index contributed by atoms with van der Waals surface area (Å²) in [4.78, 5) is 39.3. The third kappa shape index (κ3) is 4.88. The summed E-state index contributed by atoms with van der Waals surface area (Å²) >= 11 is 0. The molecule has 2 aromatic carbocycles. The number of rotatable bonds is 6. The molecule has 0 spiro atoms. The van der Waals surface area contributed by atoms with Gasteiger partial charge in [0.2, 0.25) is 15.9 Å². The standard InChI is InChI=1S/C22H24FN3O6S/c1-13(25-33(30,31)16-11-9-15(23)10-12-16)20(28)32-14(2)19(27)26-18-8-6-5-7-17(18)24-21(29)22(26,3)4/h5-14,25H,1-4H3,(H,24,29)/t13-,14+/m1/s1. The van der Waals surface area contributed by atoms with Gasteiger partial charge < -0.3 is 10.1 Å². The fourth-order valence-electron chi connectivity index (χ4n) is 3.32. The van der Waals surface area contributed by atoms with Crippen LogP contribution >= 0.6 is 0 Å². The van der Waals surface area contributed by atoms with Crippen LogP contribution in [0.2, 0.25) is 0 Å². The molecule has 9 nitrogen and oxygen atoms in total. The number of nitrogens with zero attached hydrogens (tertiary/aromatic N) is 1. The number of halogens is 1. The molecule has 176 valence electrons. The monoisotopic (exact) mass is 477 g/mol. The number of amides is 2. The van der Waals surface area contributed by atoms with Gasteiger partial charge in [-0.25, -0.2) is 12.8 Å². The molecule has 2 amide bonds. The van der Waals surface area contributed by atoms with Crippen LogP contribution in [-0.4, -0.2) is 43.9 Å². The predicted molar refractivity (Wildman–Crippen MR) is 118 cm³/mol. The predicted octanol–water partition coefficient (Wildman–Crippen LogP) is 2.19. The molecule has 0 aliphatic carbocycles. The second-order valence-electron chi connectivity index (χ2n) is 8.08. The van der Waals surface area contributed by atoms with Gasteiger partial charge in [0.15, 0.2) is 6.10 Å². The summed E-state index contributed by atoms with van der Waals surface area (Å²) in [6.07, 6.45) is -1.31. The maximum atomic E-state index is 13.2. The van der Waals surface area contributed by atoms with Gasteiger partial charge in [0.1, 0.15) is 17.4 Å². The lowest BCUT2D eigenvalue weighted by Gasteiger charge is -2.42. The first-order chi connectivity index (χ1) is 15.3. The SMILES string of the molecule is C[C@H](OC(=O)[C@@H](C)NS(=O)(=O)c1ccc(F)cc1)C(=O)N1c2ccccc2NC(=O)C1(C)C. The molecule has 2 N–H and O–H groups in total. The van der Waals surface area contributed by atoms with Gasteiger partial charge in [0.05, 0.1) is 16.3 Å². The van der Waals surface area contributed by atoms with Crippen molar-refractivity contribution in [2.45, 2.75) is 50.3 Å². The molecule has 0 aromatic heterocycles. The second-order valence-corrected chi connectivity index (χ2v) is 9.79. The van der Waals surface area contributed by atoms with Crippen molar-refractivity contribution in [3.63, 3.8) is 0 Å². The van der Waals surface area contributed by atoms with E-state index in [0.717, 1.165) is 24.3 Å². The highest BCUT2D eigenvalue weighted by Gasteiger charge is 2.45. The number of nitrogens with one attached hydrogen (secondary N) is 2. The molecule has 2 aromatic rings. The average molecular weight is 478 g/mol. The molecule has 0 saturated heterocycles. The van der Waals surface area contributed by atoms with Crippen LogP contribution in [0.3, 0.4) is 0 Å². The van der Waals surface area contributed by atoms with Crippen molar-refractivity contribution in [1.82, 2.24) is 4.72 Å².